The summed E-state index contributed by atoms with van der Waals surface area (Å²) in [5, 5.41) is 10.6. The molecule has 1 heterocycles. The number of phenolic OH excluding ortho intramolecular Hbond substituents is 1. The monoisotopic (exact) mass is 549 g/mol. The van der Waals surface area contributed by atoms with Gasteiger partial charge in [-0.2, -0.15) is 0 Å². The zero-order valence-electron chi connectivity index (χ0n) is 21.4. The number of hydrogen-bond donors (Lipinski definition) is 1. The van der Waals surface area contributed by atoms with Crippen molar-refractivity contribution in [3.63, 3.8) is 0 Å². The third kappa shape index (κ3) is 4.19. The SMILES string of the molecule is COc1ccc(C2C3=C(CC(C)(C)CC3=O)N(c3ccc(Br)cc3)C3=C2C(=O)CC(C)(C)C3)cc1O. The number of carbonyl (C=O) groups excluding carboxylic acids is 2. The van der Waals surface area contributed by atoms with Gasteiger partial charge >= 0.3 is 0 Å². The standard InChI is InChI=1S/C30H32BrNO4/c1-29(2)13-20-27(23(34)15-29)26(17-6-11-25(36-5)22(33)12-17)28-21(14-30(3,4)16-24(28)35)32(20)19-9-7-18(31)8-10-19/h6-12,26,33H,13-16H2,1-5H3. The number of rotatable bonds is 3. The molecule has 1 N–H and O–H groups in total. The van der Waals surface area contributed by atoms with Crippen molar-refractivity contribution in [2.75, 3.05) is 12.0 Å². The highest BCUT2D eigenvalue weighted by Crippen LogP contribution is 2.55. The molecular weight excluding hydrogens is 518 g/mol. The van der Waals surface area contributed by atoms with Crippen LogP contribution in [0.15, 0.2) is 69.5 Å². The normalized spacial score (nSPS) is 21.4. The van der Waals surface area contributed by atoms with Crippen molar-refractivity contribution in [1.29, 1.82) is 0 Å². The summed E-state index contributed by atoms with van der Waals surface area (Å²) in [6, 6.07) is 13.3. The molecule has 0 fully saturated rings. The van der Waals surface area contributed by atoms with Crippen LogP contribution in [0.4, 0.5) is 5.69 Å². The largest absolute Gasteiger partial charge is 0.504 e. The van der Waals surface area contributed by atoms with Gasteiger partial charge in [-0.3, -0.25) is 9.59 Å². The third-order valence-corrected chi connectivity index (χ3v) is 8.06. The molecule has 5 nitrogen and oxygen atoms in total. The first-order valence-corrected chi connectivity index (χ1v) is 13.2. The molecule has 3 aliphatic rings. The second kappa shape index (κ2) is 8.62. The summed E-state index contributed by atoms with van der Waals surface area (Å²) >= 11 is 3.54. The Hall–Kier alpha value is -2.86. The number of allylic oxidation sites excluding steroid dienone is 4. The Balaban J connectivity index is 1.82. The second-order valence-corrected chi connectivity index (χ2v) is 12.7. The van der Waals surface area contributed by atoms with Crippen molar-refractivity contribution in [3.05, 3.63) is 75.0 Å². The first-order valence-electron chi connectivity index (χ1n) is 12.4. The highest BCUT2D eigenvalue weighted by molar-refractivity contribution is 9.10. The van der Waals surface area contributed by atoms with Gasteiger partial charge < -0.3 is 14.7 Å². The van der Waals surface area contributed by atoms with Crippen molar-refractivity contribution in [1.82, 2.24) is 0 Å². The zero-order valence-corrected chi connectivity index (χ0v) is 23.0. The van der Waals surface area contributed by atoms with Gasteiger partial charge in [0.05, 0.1) is 7.11 Å². The molecule has 2 aromatic rings. The van der Waals surface area contributed by atoms with Crippen LogP contribution in [-0.4, -0.2) is 23.8 Å². The quantitative estimate of drug-likeness (QED) is 0.444. The number of hydrogen-bond acceptors (Lipinski definition) is 5. The van der Waals surface area contributed by atoms with Gasteiger partial charge in [-0.15, -0.1) is 0 Å². The smallest absolute Gasteiger partial charge is 0.162 e. The summed E-state index contributed by atoms with van der Waals surface area (Å²) in [6.45, 7) is 8.51. The summed E-state index contributed by atoms with van der Waals surface area (Å²) in [5.41, 5.74) is 4.55. The number of anilines is 1. The van der Waals surface area contributed by atoms with Crippen LogP contribution < -0.4 is 9.64 Å². The summed E-state index contributed by atoms with van der Waals surface area (Å²) < 4.78 is 6.23. The Kier molecular flexibility index (Phi) is 5.94. The number of methoxy groups -OCH3 is 1. The Morgan fingerprint density at radius 2 is 1.39 bits per heavy atom. The average molecular weight is 550 g/mol. The molecule has 6 heteroatoms. The summed E-state index contributed by atoms with van der Waals surface area (Å²) in [5.74, 6) is -0.0186. The van der Waals surface area contributed by atoms with Crippen LogP contribution in [-0.2, 0) is 9.59 Å². The predicted molar refractivity (Wildman–Crippen MR) is 144 cm³/mol. The van der Waals surface area contributed by atoms with E-state index in [1.165, 1.54) is 7.11 Å². The number of Topliss-reactive ketones (excluding diaryl/α,β-unsaturated/α-hetero) is 2. The molecule has 2 aromatic carbocycles. The van der Waals surface area contributed by atoms with E-state index in [0.29, 0.717) is 42.6 Å². The van der Waals surface area contributed by atoms with E-state index < -0.39 is 5.92 Å². The van der Waals surface area contributed by atoms with Gasteiger partial charge in [0.25, 0.3) is 0 Å². The first-order chi connectivity index (χ1) is 16.9. The van der Waals surface area contributed by atoms with Crippen molar-refractivity contribution < 1.29 is 19.4 Å². The molecule has 0 aromatic heterocycles. The minimum Gasteiger partial charge on any atom is -0.504 e. The number of carbonyl (C=O) groups is 2. The van der Waals surface area contributed by atoms with Crippen molar-refractivity contribution in [2.45, 2.75) is 59.3 Å². The van der Waals surface area contributed by atoms with Gasteiger partial charge in [0.2, 0.25) is 0 Å². The Morgan fingerprint density at radius 1 is 0.861 bits per heavy atom. The molecule has 188 valence electrons. The number of nitrogens with zero attached hydrogens (tertiary/aromatic N) is 1. The van der Waals surface area contributed by atoms with Crippen LogP contribution in [0.5, 0.6) is 11.5 Å². The maximum atomic E-state index is 13.9. The summed E-state index contributed by atoms with van der Waals surface area (Å²) in [7, 11) is 1.51. The van der Waals surface area contributed by atoms with E-state index in [9.17, 15) is 14.7 Å². The summed E-state index contributed by atoms with van der Waals surface area (Å²) in [4.78, 5) is 29.9. The molecule has 0 radical (unpaired) electrons. The molecule has 2 aliphatic carbocycles. The molecule has 0 saturated carbocycles. The highest BCUT2D eigenvalue weighted by atomic mass is 79.9. The van der Waals surface area contributed by atoms with E-state index >= 15 is 0 Å². The van der Waals surface area contributed by atoms with E-state index in [1.54, 1.807) is 12.1 Å². The van der Waals surface area contributed by atoms with E-state index in [4.69, 9.17) is 4.74 Å². The first kappa shape index (κ1) is 24.8. The van der Waals surface area contributed by atoms with Gasteiger partial charge in [-0.25, -0.2) is 0 Å². The van der Waals surface area contributed by atoms with Gasteiger partial charge in [0, 0.05) is 51.5 Å². The lowest BCUT2D eigenvalue weighted by Crippen LogP contribution is -2.44. The minimum absolute atomic E-state index is 0.00168. The van der Waals surface area contributed by atoms with Crippen LogP contribution in [0.1, 0.15) is 64.9 Å². The van der Waals surface area contributed by atoms with Crippen LogP contribution in [0.25, 0.3) is 0 Å². The van der Waals surface area contributed by atoms with Gasteiger partial charge in [0.1, 0.15) is 0 Å². The van der Waals surface area contributed by atoms with Gasteiger partial charge in [-0.05, 0) is 65.6 Å². The van der Waals surface area contributed by atoms with Crippen molar-refractivity contribution in [3.8, 4) is 11.5 Å². The minimum atomic E-state index is -0.509. The molecule has 0 spiro atoms. The highest BCUT2D eigenvalue weighted by Gasteiger charge is 2.49. The number of ketones is 2. The molecule has 36 heavy (non-hydrogen) atoms. The van der Waals surface area contributed by atoms with E-state index in [-0.39, 0.29) is 28.1 Å². The fraction of sp³-hybridized carbons (Fsp3) is 0.400. The second-order valence-electron chi connectivity index (χ2n) is 11.8. The predicted octanol–water partition coefficient (Wildman–Crippen LogP) is 7.05. The molecule has 0 saturated heterocycles. The summed E-state index contributed by atoms with van der Waals surface area (Å²) in [6.07, 6.45) is 2.27. The molecule has 0 amide bonds. The maximum Gasteiger partial charge on any atom is 0.162 e. The lowest BCUT2D eigenvalue weighted by molar-refractivity contribution is -0.119. The van der Waals surface area contributed by atoms with Crippen LogP contribution in [0.3, 0.4) is 0 Å². The number of phenols is 1. The number of ether oxygens (including phenoxy) is 1. The molecule has 1 aliphatic heterocycles. The lowest BCUT2D eigenvalue weighted by Gasteiger charge is -2.49. The van der Waals surface area contributed by atoms with E-state index in [2.05, 4.69) is 48.5 Å². The Morgan fingerprint density at radius 3 is 1.86 bits per heavy atom. The fourth-order valence-corrected chi connectivity index (χ4v) is 6.35. The Labute approximate surface area is 221 Å². The average Bonchev–Trinajstić information content (AvgIpc) is 2.77. The molecular formula is C30H32BrNO4. The van der Waals surface area contributed by atoms with Gasteiger partial charge in [-0.1, -0.05) is 49.7 Å². The van der Waals surface area contributed by atoms with Crippen LogP contribution in [0.2, 0.25) is 0 Å². The van der Waals surface area contributed by atoms with Crippen LogP contribution >= 0.6 is 15.9 Å². The number of aromatic hydroxyl groups is 1. The van der Waals surface area contributed by atoms with Crippen LogP contribution in [0, 0.1) is 10.8 Å². The lowest BCUT2D eigenvalue weighted by atomic mass is 9.63. The molecule has 0 unspecified atom stereocenters. The Bertz CT molecular complexity index is 1280. The zero-order chi connectivity index (χ0) is 26.0. The fourth-order valence-electron chi connectivity index (χ4n) is 6.09. The molecule has 0 atom stereocenters. The van der Waals surface area contributed by atoms with Gasteiger partial charge in [0.15, 0.2) is 23.1 Å². The number of benzene rings is 2. The third-order valence-electron chi connectivity index (χ3n) is 7.53. The van der Waals surface area contributed by atoms with Crippen molar-refractivity contribution in [2.24, 2.45) is 10.8 Å². The topological polar surface area (TPSA) is 66.8 Å². The molecule has 5 rings (SSSR count). The van der Waals surface area contributed by atoms with E-state index in [1.807, 2.05) is 30.3 Å². The van der Waals surface area contributed by atoms with Crippen molar-refractivity contribution >= 4 is 33.2 Å². The van der Waals surface area contributed by atoms with E-state index in [0.717, 1.165) is 27.1 Å². The molecule has 0 bridgehead atoms. The number of halogens is 1. The maximum absolute atomic E-state index is 13.9.